The first-order chi connectivity index (χ1) is 13.5. The molecule has 1 aromatic heterocycles. The van der Waals surface area contributed by atoms with Gasteiger partial charge in [0.25, 0.3) is 0 Å². The van der Waals surface area contributed by atoms with Crippen molar-refractivity contribution >= 4 is 17.7 Å². The van der Waals surface area contributed by atoms with Crippen molar-refractivity contribution in [2.75, 3.05) is 12.4 Å². The SMILES string of the molecule is COc1cc(/C=C/C(=O)Nc2cccc(-n3cccn3)c2)ccc1OC(F)F. The van der Waals surface area contributed by atoms with E-state index < -0.39 is 6.61 Å². The van der Waals surface area contributed by atoms with Crippen LogP contribution in [-0.4, -0.2) is 29.4 Å². The van der Waals surface area contributed by atoms with Crippen LogP contribution < -0.4 is 14.8 Å². The highest BCUT2D eigenvalue weighted by molar-refractivity contribution is 6.02. The lowest BCUT2D eigenvalue weighted by Crippen LogP contribution is -2.08. The molecule has 0 spiro atoms. The van der Waals surface area contributed by atoms with Gasteiger partial charge in [0.15, 0.2) is 11.5 Å². The summed E-state index contributed by atoms with van der Waals surface area (Å²) in [5.41, 5.74) is 2.02. The van der Waals surface area contributed by atoms with Gasteiger partial charge in [0.2, 0.25) is 5.91 Å². The van der Waals surface area contributed by atoms with Crippen molar-refractivity contribution in [1.82, 2.24) is 9.78 Å². The van der Waals surface area contributed by atoms with Crippen molar-refractivity contribution in [2.24, 2.45) is 0 Å². The van der Waals surface area contributed by atoms with Gasteiger partial charge in [-0.2, -0.15) is 13.9 Å². The van der Waals surface area contributed by atoms with Crippen LogP contribution in [-0.2, 0) is 4.79 Å². The predicted molar refractivity (Wildman–Crippen MR) is 101 cm³/mol. The van der Waals surface area contributed by atoms with Crippen molar-refractivity contribution in [3.8, 4) is 17.2 Å². The molecule has 3 aromatic rings. The average Bonchev–Trinajstić information content (AvgIpc) is 3.22. The van der Waals surface area contributed by atoms with E-state index in [4.69, 9.17) is 4.74 Å². The molecule has 1 N–H and O–H groups in total. The fourth-order valence-electron chi connectivity index (χ4n) is 2.48. The van der Waals surface area contributed by atoms with Crippen LogP contribution in [0.25, 0.3) is 11.8 Å². The summed E-state index contributed by atoms with van der Waals surface area (Å²) >= 11 is 0. The quantitative estimate of drug-likeness (QED) is 0.621. The topological polar surface area (TPSA) is 65.4 Å². The lowest BCUT2D eigenvalue weighted by atomic mass is 10.2. The van der Waals surface area contributed by atoms with Crippen LogP contribution in [0.15, 0.2) is 67.0 Å². The molecule has 0 aliphatic heterocycles. The van der Waals surface area contributed by atoms with Gasteiger partial charge in [-0.05, 0) is 48.0 Å². The Hall–Kier alpha value is -3.68. The van der Waals surface area contributed by atoms with E-state index in [9.17, 15) is 13.6 Å². The number of carbonyl (C=O) groups is 1. The number of alkyl halides is 2. The van der Waals surface area contributed by atoms with Crippen LogP contribution in [0.3, 0.4) is 0 Å². The fourth-order valence-corrected chi connectivity index (χ4v) is 2.48. The third kappa shape index (κ3) is 4.94. The van der Waals surface area contributed by atoms with E-state index in [-0.39, 0.29) is 17.4 Å². The maximum atomic E-state index is 12.4. The number of hydrogen-bond acceptors (Lipinski definition) is 4. The number of methoxy groups -OCH3 is 1. The molecular weight excluding hydrogens is 368 g/mol. The van der Waals surface area contributed by atoms with Crippen LogP contribution in [0.1, 0.15) is 5.56 Å². The molecule has 0 radical (unpaired) electrons. The number of hydrogen-bond donors (Lipinski definition) is 1. The molecule has 1 heterocycles. The number of aromatic nitrogens is 2. The predicted octanol–water partition coefficient (Wildman–Crippen LogP) is 4.13. The van der Waals surface area contributed by atoms with E-state index in [0.717, 1.165) is 5.69 Å². The van der Waals surface area contributed by atoms with Gasteiger partial charge in [-0.25, -0.2) is 4.68 Å². The number of nitrogens with zero attached hydrogens (tertiary/aromatic N) is 2. The van der Waals surface area contributed by atoms with Gasteiger partial charge in [-0.3, -0.25) is 4.79 Å². The lowest BCUT2D eigenvalue weighted by Gasteiger charge is -2.10. The zero-order chi connectivity index (χ0) is 19.9. The smallest absolute Gasteiger partial charge is 0.387 e. The Labute approximate surface area is 160 Å². The third-order valence-corrected chi connectivity index (χ3v) is 3.71. The molecule has 8 heteroatoms. The Kier molecular flexibility index (Phi) is 6.01. The minimum atomic E-state index is -2.95. The number of benzene rings is 2. The molecule has 28 heavy (non-hydrogen) atoms. The first kappa shape index (κ1) is 19.1. The summed E-state index contributed by atoms with van der Waals surface area (Å²) in [6, 6.07) is 13.4. The van der Waals surface area contributed by atoms with Crippen LogP contribution in [0.4, 0.5) is 14.5 Å². The summed E-state index contributed by atoms with van der Waals surface area (Å²) in [5, 5.41) is 6.90. The number of carbonyl (C=O) groups excluding carboxylic acids is 1. The summed E-state index contributed by atoms with van der Waals surface area (Å²) in [6.07, 6.45) is 6.35. The number of amides is 1. The Bertz CT molecular complexity index is 973. The van der Waals surface area contributed by atoms with Crippen molar-refractivity contribution in [1.29, 1.82) is 0 Å². The van der Waals surface area contributed by atoms with Crippen molar-refractivity contribution in [3.05, 3.63) is 72.6 Å². The van der Waals surface area contributed by atoms with E-state index in [1.54, 1.807) is 47.4 Å². The summed E-state index contributed by atoms with van der Waals surface area (Å²) in [6.45, 7) is -2.95. The Morgan fingerprint density at radius 1 is 1.18 bits per heavy atom. The van der Waals surface area contributed by atoms with E-state index in [1.165, 1.54) is 25.3 Å². The van der Waals surface area contributed by atoms with Gasteiger partial charge >= 0.3 is 6.61 Å². The molecule has 0 atom stereocenters. The second kappa shape index (κ2) is 8.81. The van der Waals surface area contributed by atoms with Crippen LogP contribution in [0.2, 0.25) is 0 Å². The van der Waals surface area contributed by atoms with Gasteiger partial charge in [-0.15, -0.1) is 0 Å². The molecule has 0 aliphatic rings. The average molecular weight is 385 g/mol. The zero-order valence-electron chi connectivity index (χ0n) is 14.9. The molecular formula is C20H17F2N3O3. The van der Waals surface area contributed by atoms with E-state index in [0.29, 0.717) is 11.3 Å². The number of halogens is 2. The zero-order valence-corrected chi connectivity index (χ0v) is 14.9. The standard InChI is InChI=1S/C20H17F2N3O3/c1-27-18-12-14(6-8-17(18)28-20(21)22)7-9-19(26)24-15-4-2-5-16(13-15)25-11-3-10-23-25/h2-13,20H,1H3,(H,24,26)/b9-7+. The molecule has 6 nitrogen and oxygen atoms in total. The summed E-state index contributed by atoms with van der Waals surface area (Å²) in [4.78, 5) is 12.2. The molecule has 0 bridgehead atoms. The molecule has 0 fully saturated rings. The van der Waals surface area contributed by atoms with E-state index >= 15 is 0 Å². The number of anilines is 1. The Morgan fingerprint density at radius 3 is 2.75 bits per heavy atom. The Balaban J connectivity index is 1.68. The number of nitrogens with one attached hydrogen (secondary N) is 1. The maximum absolute atomic E-state index is 12.4. The third-order valence-electron chi connectivity index (χ3n) is 3.71. The first-order valence-corrected chi connectivity index (χ1v) is 8.27. The Morgan fingerprint density at radius 2 is 2.04 bits per heavy atom. The molecule has 3 rings (SSSR count). The second-order valence-corrected chi connectivity index (χ2v) is 5.61. The number of rotatable bonds is 7. The van der Waals surface area contributed by atoms with Crippen LogP contribution in [0.5, 0.6) is 11.5 Å². The highest BCUT2D eigenvalue weighted by atomic mass is 19.3. The number of ether oxygens (including phenoxy) is 2. The second-order valence-electron chi connectivity index (χ2n) is 5.61. The van der Waals surface area contributed by atoms with E-state index in [1.807, 2.05) is 12.1 Å². The van der Waals surface area contributed by atoms with Gasteiger partial charge in [0.05, 0.1) is 12.8 Å². The molecule has 0 saturated carbocycles. The molecule has 1 amide bonds. The molecule has 144 valence electrons. The van der Waals surface area contributed by atoms with Crippen LogP contribution >= 0.6 is 0 Å². The molecule has 0 unspecified atom stereocenters. The van der Waals surface area contributed by atoms with Crippen LogP contribution in [0, 0.1) is 0 Å². The monoisotopic (exact) mass is 385 g/mol. The molecule has 0 aliphatic carbocycles. The largest absolute Gasteiger partial charge is 0.493 e. The first-order valence-electron chi connectivity index (χ1n) is 8.27. The van der Waals surface area contributed by atoms with Crippen molar-refractivity contribution in [2.45, 2.75) is 6.61 Å². The summed E-state index contributed by atoms with van der Waals surface area (Å²) in [5.74, 6) is -0.270. The van der Waals surface area contributed by atoms with Gasteiger partial charge in [-0.1, -0.05) is 12.1 Å². The summed E-state index contributed by atoms with van der Waals surface area (Å²) < 4.78 is 35.8. The van der Waals surface area contributed by atoms with Gasteiger partial charge < -0.3 is 14.8 Å². The highest BCUT2D eigenvalue weighted by Gasteiger charge is 2.10. The van der Waals surface area contributed by atoms with Gasteiger partial charge in [0, 0.05) is 24.2 Å². The minimum absolute atomic E-state index is 0.0745. The van der Waals surface area contributed by atoms with E-state index in [2.05, 4.69) is 15.2 Å². The van der Waals surface area contributed by atoms with Crippen molar-refractivity contribution in [3.63, 3.8) is 0 Å². The molecule has 0 saturated heterocycles. The molecule has 2 aromatic carbocycles. The highest BCUT2D eigenvalue weighted by Crippen LogP contribution is 2.29. The van der Waals surface area contributed by atoms with Crippen molar-refractivity contribution < 1.29 is 23.0 Å². The normalized spacial score (nSPS) is 11.0. The van der Waals surface area contributed by atoms with Gasteiger partial charge in [0.1, 0.15) is 0 Å². The maximum Gasteiger partial charge on any atom is 0.387 e. The summed E-state index contributed by atoms with van der Waals surface area (Å²) in [7, 11) is 1.35. The lowest BCUT2D eigenvalue weighted by molar-refractivity contribution is -0.111. The fraction of sp³-hybridized carbons (Fsp3) is 0.100. The minimum Gasteiger partial charge on any atom is -0.493 e.